The SMILES string of the molecule is Cc1c(N)cccc1CN1CCC(CN(C)C)CC1. The number of nitrogen functional groups attached to an aromatic ring is 1. The second-order valence-corrected chi connectivity index (χ2v) is 6.11. The molecule has 0 bridgehead atoms. The van der Waals surface area contributed by atoms with Crippen LogP contribution in [0.15, 0.2) is 18.2 Å². The predicted octanol–water partition coefficient (Wildman–Crippen LogP) is 2.35. The maximum Gasteiger partial charge on any atom is 0.0346 e. The fourth-order valence-electron chi connectivity index (χ4n) is 2.96. The summed E-state index contributed by atoms with van der Waals surface area (Å²) in [5.74, 6) is 0.869. The van der Waals surface area contributed by atoms with Crippen LogP contribution in [0.4, 0.5) is 5.69 Å². The Labute approximate surface area is 117 Å². The van der Waals surface area contributed by atoms with Gasteiger partial charge >= 0.3 is 0 Å². The lowest BCUT2D eigenvalue weighted by molar-refractivity contribution is 0.156. The minimum absolute atomic E-state index is 0.869. The minimum Gasteiger partial charge on any atom is -0.399 e. The molecule has 1 saturated heterocycles. The topological polar surface area (TPSA) is 32.5 Å². The monoisotopic (exact) mass is 261 g/mol. The number of nitrogens with two attached hydrogens (primary N) is 1. The van der Waals surface area contributed by atoms with Crippen LogP contribution in [0.5, 0.6) is 0 Å². The average molecular weight is 261 g/mol. The normalized spacial score (nSPS) is 18.1. The highest BCUT2D eigenvalue weighted by Gasteiger charge is 2.20. The van der Waals surface area contributed by atoms with Gasteiger partial charge in [-0.2, -0.15) is 0 Å². The van der Waals surface area contributed by atoms with Crippen LogP contribution in [0.2, 0.25) is 0 Å². The van der Waals surface area contributed by atoms with Gasteiger partial charge < -0.3 is 10.6 Å². The van der Waals surface area contributed by atoms with Crippen molar-refractivity contribution in [2.45, 2.75) is 26.3 Å². The molecule has 0 amide bonds. The molecule has 0 atom stereocenters. The van der Waals surface area contributed by atoms with Gasteiger partial charge in [-0.05, 0) is 70.1 Å². The van der Waals surface area contributed by atoms with Gasteiger partial charge in [0.25, 0.3) is 0 Å². The van der Waals surface area contributed by atoms with Crippen LogP contribution >= 0.6 is 0 Å². The largest absolute Gasteiger partial charge is 0.399 e. The summed E-state index contributed by atoms with van der Waals surface area (Å²) in [6.07, 6.45) is 2.64. The standard InChI is InChI=1S/C16H27N3/c1-13-15(5-4-6-16(13)17)12-19-9-7-14(8-10-19)11-18(2)3/h4-6,14H,7-12,17H2,1-3H3. The van der Waals surface area contributed by atoms with E-state index < -0.39 is 0 Å². The summed E-state index contributed by atoms with van der Waals surface area (Å²) in [5.41, 5.74) is 9.52. The Morgan fingerprint density at radius 3 is 2.58 bits per heavy atom. The Bertz CT molecular complexity index is 406. The number of anilines is 1. The van der Waals surface area contributed by atoms with Crippen LogP contribution in [0.25, 0.3) is 0 Å². The first-order valence-corrected chi connectivity index (χ1v) is 7.27. The molecule has 106 valence electrons. The molecule has 2 N–H and O–H groups in total. The molecular formula is C16H27N3. The van der Waals surface area contributed by atoms with Crippen molar-refractivity contribution in [2.75, 3.05) is 39.5 Å². The highest BCUT2D eigenvalue weighted by atomic mass is 15.1. The minimum atomic E-state index is 0.869. The van der Waals surface area contributed by atoms with Crippen molar-refractivity contribution in [3.8, 4) is 0 Å². The number of rotatable bonds is 4. The number of hydrogen-bond donors (Lipinski definition) is 1. The summed E-state index contributed by atoms with van der Waals surface area (Å²) in [5, 5.41) is 0. The summed E-state index contributed by atoms with van der Waals surface area (Å²) >= 11 is 0. The second-order valence-electron chi connectivity index (χ2n) is 6.11. The van der Waals surface area contributed by atoms with Crippen LogP contribution in [-0.2, 0) is 6.54 Å². The zero-order chi connectivity index (χ0) is 13.8. The third-order valence-electron chi connectivity index (χ3n) is 4.21. The second kappa shape index (κ2) is 6.40. The van der Waals surface area contributed by atoms with E-state index in [-0.39, 0.29) is 0 Å². The van der Waals surface area contributed by atoms with Gasteiger partial charge in [0.2, 0.25) is 0 Å². The van der Waals surface area contributed by atoms with Gasteiger partial charge in [0, 0.05) is 18.8 Å². The van der Waals surface area contributed by atoms with E-state index >= 15 is 0 Å². The fraction of sp³-hybridized carbons (Fsp3) is 0.625. The maximum atomic E-state index is 5.98. The van der Waals surface area contributed by atoms with E-state index in [1.54, 1.807) is 0 Å². The van der Waals surface area contributed by atoms with E-state index in [2.05, 4.69) is 43.0 Å². The fourth-order valence-corrected chi connectivity index (χ4v) is 2.96. The van der Waals surface area contributed by atoms with Crippen LogP contribution in [0.3, 0.4) is 0 Å². The van der Waals surface area contributed by atoms with Gasteiger partial charge in [-0.25, -0.2) is 0 Å². The van der Waals surface area contributed by atoms with Crippen molar-refractivity contribution < 1.29 is 0 Å². The number of likely N-dealkylation sites (tertiary alicyclic amines) is 1. The molecule has 1 aliphatic rings. The molecule has 1 heterocycles. The van der Waals surface area contributed by atoms with Crippen LogP contribution in [0.1, 0.15) is 24.0 Å². The molecule has 0 radical (unpaired) electrons. The molecule has 1 fully saturated rings. The number of benzene rings is 1. The number of hydrogen-bond acceptors (Lipinski definition) is 3. The highest BCUT2D eigenvalue weighted by molar-refractivity contribution is 5.49. The van der Waals surface area contributed by atoms with Crippen LogP contribution in [0, 0.1) is 12.8 Å². The first kappa shape index (κ1) is 14.4. The molecule has 2 rings (SSSR count). The first-order valence-electron chi connectivity index (χ1n) is 7.27. The van der Waals surface area contributed by atoms with Crippen molar-refractivity contribution in [3.05, 3.63) is 29.3 Å². The van der Waals surface area contributed by atoms with Gasteiger partial charge in [0.1, 0.15) is 0 Å². The molecule has 0 spiro atoms. The molecule has 0 saturated carbocycles. The Morgan fingerprint density at radius 1 is 1.26 bits per heavy atom. The number of piperidine rings is 1. The summed E-state index contributed by atoms with van der Waals surface area (Å²) in [4.78, 5) is 4.87. The first-order chi connectivity index (χ1) is 9.06. The van der Waals surface area contributed by atoms with Crippen LogP contribution < -0.4 is 5.73 Å². The summed E-state index contributed by atoms with van der Waals surface area (Å²) in [6.45, 7) is 6.83. The zero-order valence-electron chi connectivity index (χ0n) is 12.5. The predicted molar refractivity (Wildman–Crippen MR) is 82.1 cm³/mol. The lowest BCUT2D eigenvalue weighted by atomic mass is 9.95. The quantitative estimate of drug-likeness (QED) is 0.845. The summed E-state index contributed by atoms with van der Waals surface area (Å²) in [7, 11) is 4.34. The molecule has 0 aromatic heterocycles. The number of nitrogens with zero attached hydrogens (tertiary/aromatic N) is 2. The van der Waals surface area contributed by atoms with Gasteiger partial charge in [0.15, 0.2) is 0 Å². The Kier molecular flexibility index (Phi) is 4.83. The average Bonchev–Trinajstić information content (AvgIpc) is 2.37. The molecule has 3 heteroatoms. The van der Waals surface area contributed by atoms with Crippen molar-refractivity contribution in [2.24, 2.45) is 5.92 Å². The molecule has 1 aromatic carbocycles. The molecule has 1 aliphatic heterocycles. The molecule has 3 nitrogen and oxygen atoms in total. The van der Waals surface area contributed by atoms with Gasteiger partial charge in [-0.1, -0.05) is 12.1 Å². The summed E-state index contributed by atoms with van der Waals surface area (Å²) < 4.78 is 0. The third-order valence-corrected chi connectivity index (χ3v) is 4.21. The van der Waals surface area contributed by atoms with E-state index in [1.165, 1.54) is 43.6 Å². The zero-order valence-corrected chi connectivity index (χ0v) is 12.5. The summed E-state index contributed by atoms with van der Waals surface area (Å²) in [6, 6.07) is 6.26. The van der Waals surface area contributed by atoms with Crippen molar-refractivity contribution in [1.82, 2.24) is 9.80 Å². The Morgan fingerprint density at radius 2 is 1.95 bits per heavy atom. The lowest BCUT2D eigenvalue weighted by Gasteiger charge is -2.33. The Balaban J connectivity index is 1.87. The lowest BCUT2D eigenvalue weighted by Crippen LogP contribution is -2.36. The Hall–Kier alpha value is -1.06. The van der Waals surface area contributed by atoms with Crippen LogP contribution in [-0.4, -0.2) is 43.5 Å². The van der Waals surface area contributed by atoms with Crippen molar-refractivity contribution in [3.63, 3.8) is 0 Å². The smallest absolute Gasteiger partial charge is 0.0346 e. The van der Waals surface area contributed by atoms with E-state index in [0.29, 0.717) is 0 Å². The molecule has 0 unspecified atom stereocenters. The van der Waals surface area contributed by atoms with E-state index in [4.69, 9.17) is 5.73 Å². The van der Waals surface area contributed by atoms with Gasteiger partial charge in [-0.3, -0.25) is 4.90 Å². The third kappa shape index (κ3) is 3.95. The van der Waals surface area contributed by atoms with E-state index in [9.17, 15) is 0 Å². The molecule has 1 aromatic rings. The molecular weight excluding hydrogens is 234 g/mol. The van der Waals surface area contributed by atoms with Crippen molar-refractivity contribution >= 4 is 5.69 Å². The maximum absolute atomic E-state index is 5.98. The van der Waals surface area contributed by atoms with E-state index in [1.807, 2.05) is 6.07 Å². The highest BCUT2D eigenvalue weighted by Crippen LogP contribution is 2.22. The van der Waals surface area contributed by atoms with Gasteiger partial charge in [-0.15, -0.1) is 0 Å². The molecule has 0 aliphatic carbocycles. The van der Waals surface area contributed by atoms with E-state index in [0.717, 1.165) is 18.2 Å². The van der Waals surface area contributed by atoms with Crippen molar-refractivity contribution in [1.29, 1.82) is 0 Å². The van der Waals surface area contributed by atoms with Gasteiger partial charge in [0.05, 0.1) is 0 Å². The molecule has 19 heavy (non-hydrogen) atoms.